The summed E-state index contributed by atoms with van der Waals surface area (Å²) in [6.45, 7) is 15.6. The van der Waals surface area contributed by atoms with Gasteiger partial charge in [0.2, 0.25) is 5.91 Å². The second-order valence-electron chi connectivity index (χ2n) is 9.91. The number of anilines is 1. The van der Waals surface area contributed by atoms with E-state index in [1.807, 2.05) is 19.1 Å². The minimum atomic E-state index is -0.119. The zero-order valence-electron chi connectivity index (χ0n) is 18.2. The molecular weight excluding hydrogens is 414 g/mol. The molecule has 1 heterocycles. The molecule has 0 saturated heterocycles. The third-order valence-electron chi connectivity index (χ3n) is 4.50. The fraction of sp³-hybridized carbons (Fsp3) is 0.565. The van der Waals surface area contributed by atoms with Gasteiger partial charge in [-0.2, -0.15) is 0 Å². The fourth-order valence-corrected chi connectivity index (χ4v) is 3.35. The van der Waals surface area contributed by atoms with Gasteiger partial charge in [-0.05, 0) is 68.9 Å². The van der Waals surface area contributed by atoms with E-state index in [0.717, 1.165) is 33.2 Å². The van der Waals surface area contributed by atoms with Crippen LogP contribution in [0.4, 0.5) is 5.82 Å². The lowest BCUT2D eigenvalue weighted by Gasteiger charge is -2.25. The molecule has 0 aliphatic rings. The van der Waals surface area contributed by atoms with Crippen molar-refractivity contribution in [1.29, 1.82) is 0 Å². The fourth-order valence-electron chi connectivity index (χ4n) is 2.97. The number of nitrogens with one attached hydrogen (secondary N) is 2. The van der Waals surface area contributed by atoms with Gasteiger partial charge in [0.25, 0.3) is 0 Å². The molecule has 0 saturated carbocycles. The van der Waals surface area contributed by atoms with E-state index in [1.54, 1.807) is 0 Å². The average molecular weight is 448 g/mol. The molecule has 1 aromatic carbocycles. The number of carbonyl (C=O) groups excluding carboxylic acids is 1. The summed E-state index contributed by atoms with van der Waals surface area (Å²) in [6, 6.07) is 8.24. The van der Waals surface area contributed by atoms with E-state index >= 15 is 0 Å². The number of amides is 1. The number of hydrogen-bond donors (Lipinski definition) is 2. The molecule has 1 atom stereocenters. The molecule has 1 unspecified atom stereocenters. The lowest BCUT2D eigenvalue weighted by atomic mass is 9.92. The van der Waals surface area contributed by atoms with Crippen LogP contribution in [0.25, 0.3) is 10.9 Å². The van der Waals surface area contributed by atoms with E-state index in [9.17, 15) is 4.79 Å². The van der Waals surface area contributed by atoms with Crippen molar-refractivity contribution in [3.63, 3.8) is 0 Å². The molecule has 0 fully saturated rings. The summed E-state index contributed by atoms with van der Waals surface area (Å²) in [4.78, 5) is 17.4. The second kappa shape index (κ2) is 8.81. The molecule has 4 nitrogen and oxygen atoms in total. The van der Waals surface area contributed by atoms with Gasteiger partial charge in [0, 0.05) is 27.9 Å². The Balaban J connectivity index is 2.22. The quantitative estimate of drug-likeness (QED) is 0.575. The summed E-state index contributed by atoms with van der Waals surface area (Å²) in [6.07, 6.45) is 1.61. The number of nitrogens with zero attached hydrogens (tertiary/aromatic N) is 1. The van der Waals surface area contributed by atoms with Gasteiger partial charge in [0.1, 0.15) is 5.82 Å². The van der Waals surface area contributed by atoms with Crippen LogP contribution >= 0.6 is 15.9 Å². The van der Waals surface area contributed by atoms with Gasteiger partial charge in [0.05, 0.1) is 5.52 Å². The second-order valence-corrected chi connectivity index (χ2v) is 10.8. The van der Waals surface area contributed by atoms with Crippen molar-refractivity contribution in [2.24, 2.45) is 11.3 Å². The maximum absolute atomic E-state index is 12.6. The highest BCUT2D eigenvalue weighted by molar-refractivity contribution is 9.10. The van der Waals surface area contributed by atoms with Crippen LogP contribution in [0.3, 0.4) is 0 Å². The predicted octanol–water partition coefficient (Wildman–Crippen LogP) is 5.94. The molecule has 154 valence electrons. The highest BCUT2D eigenvalue weighted by atomic mass is 79.9. The number of halogens is 1. The number of fused-ring (bicyclic) bond motifs is 1. The normalized spacial score (nSPS) is 13.4. The maximum atomic E-state index is 12.6. The largest absolute Gasteiger partial charge is 0.365 e. The van der Waals surface area contributed by atoms with Gasteiger partial charge in [-0.3, -0.25) is 4.79 Å². The zero-order valence-corrected chi connectivity index (χ0v) is 19.8. The van der Waals surface area contributed by atoms with Crippen LogP contribution in [0.15, 0.2) is 28.7 Å². The van der Waals surface area contributed by atoms with Gasteiger partial charge in [0.15, 0.2) is 0 Å². The number of benzene rings is 1. The Morgan fingerprint density at radius 2 is 1.82 bits per heavy atom. The van der Waals surface area contributed by atoms with Crippen molar-refractivity contribution in [3.8, 4) is 0 Å². The molecule has 1 amide bonds. The number of hydrogen-bond acceptors (Lipinski definition) is 3. The van der Waals surface area contributed by atoms with Crippen LogP contribution in [0.2, 0.25) is 0 Å². The maximum Gasteiger partial charge on any atom is 0.223 e. The van der Waals surface area contributed by atoms with Crippen LogP contribution in [-0.2, 0) is 11.2 Å². The highest BCUT2D eigenvalue weighted by Gasteiger charge is 2.20. The first-order chi connectivity index (χ1) is 12.8. The Morgan fingerprint density at radius 1 is 1.14 bits per heavy atom. The first-order valence-corrected chi connectivity index (χ1v) is 10.8. The van der Waals surface area contributed by atoms with E-state index in [0.29, 0.717) is 13.0 Å². The van der Waals surface area contributed by atoms with E-state index in [1.165, 1.54) is 0 Å². The molecule has 2 aromatic rings. The molecule has 0 aliphatic heterocycles. The molecule has 2 N–H and O–H groups in total. The Kier molecular flexibility index (Phi) is 7.13. The first kappa shape index (κ1) is 22.7. The van der Waals surface area contributed by atoms with Gasteiger partial charge in [-0.15, -0.1) is 0 Å². The summed E-state index contributed by atoms with van der Waals surface area (Å²) in [5.41, 5.74) is 2.12. The lowest BCUT2D eigenvalue weighted by molar-refractivity contribution is -0.124. The third-order valence-corrected chi connectivity index (χ3v) is 4.99. The van der Waals surface area contributed by atoms with Crippen molar-refractivity contribution in [2.75, 3.05) is 11.9 Å². The smallest absolute Gasteiger partial charge is 0.223 e. The summed E-state index contributed by atoms with van der Waals surface area (Å²) in [5.74, 6) is 0.837. The minimum Gasteiger partial charge on any atom is -0.365 e. The Hall–Kier alpha value is -1.62. The highest BCUT2D eigenvalue weighted by Crippen LogP contribution is 2.27. The van der Waals surface area contributed by atoms with Crippen molar-refractivity contribution >= 4 is 38.6 Å². The molecule has 2 rings (SSSR count). The lowest BCUT2D eigenvalue weighted by Crippen LogP contribution is -2.33. The van der Waals surface area contributed by atoms with Crippen molar-refractivity contribution in [2.45, 2.75) is 66.8 Å². The van der Waals surface area contributed by atoms with Gasteiger partial charge >= 0.3 is 0 Å². The molecule has 0 spiro atoms. The monoisotopic (exact) mass is 447 g/mol. The number of carbonyl (C=O) groups is 1. The number of pyridine rings is 1. The van der Waals surface area contributed by atoms with Crippen LogP contribution in [0.5, 0.6) is 0 Å². The third kappa shape index (κ3) is 7.08. The van der Waals surface area contributed by atoms with Crippen LogP contribution in [-0.4, -0.2) is 23.0 Å². The topological polar surface area (TPSA) is 54.0 Å². The van der Waals surface area contributed by atoms with Gasteiger partial charge < -0.3 is 10.6 Å². The summed E-state index contributed by atoms with van der Waals surface area (Å²) < 4.78 is 1.03. The van der Waals surface area contributed by atoms with Gasteiger partial charge in [-0.25, -0.2) is 4.98 Å². The minimum absolute atomic E-state index is 0.0975. The SMILES string of the molecule is CC(Cc1cc2cc(Br)ccc2nc1NC(C)(C)C)C(=O)NCCC(C)(C)C. The molecule has 0 aliphatic carbocycles. The number of rotatable bonds is 6. The molecule has 28 heavy (non-hydrogen) atoms. The van der Waals surface area contributed by atoms with Crippen molar-refractivity contribution in [1.82, 2.24) is 10.3 Å². The summed E-state index contributed by atoms with van der Waals surface area (Å²) in [7, 11) is 0. The Labute approximate surface area is 178 Å². The molecule has 0 radical (unpaired) electrons. The molecular formula is C23H34BrN3O. The van der Waals surface area contributed by atoms with Crippen molar-refractivity contribution < 1.29 is 4.79 Å². The standard InChI is InChI=1S/C23H34BrN3O/c1-15(21(28)25-11-10-22(2,3)4)12-17-13-16-14-18(24)8-9-19(16)26-20(17)27-23(5,6)7/h8-9,13-15H,10-12H2,1-7H3,(H,25,28)(H,26,27). The summed E-state index contributed by atoms with van der Waals surface area (Å²) >= 11 is 3.54. The van der Waals surface area contributed by atoms with E-state index in [-0.39, 0.29) is 22.8 Å². The van der Waals surface area contributed by atoms with E-state index in [2.05, 4.69) is 80.2 Å². The van der Waals surface area contributed by atoms with Crippen LogP contribution < -0.4 is 10.6 Å². The van der Waals surface area contributed by atoms with E-state index in [4.69, 9.17) is 4.98 Å². The van der Waals surface area contributed by atoms with Crippen LogP contribution in [0, 0.1) is 11.3 Å². The summed E-state index contributed by atoms with van der Waals surface area (Å²) in [5, 5.41) is 7.67. The average Bonchev–Trinajstić information content (AvgIpc) is 2.52. The predicted molar refractivity (Wildman–Crippen MR) is 123 cm³/mol. The Morgan fingerprint density at radius 3 is 2.43 bits per heavy atom. The van der Waals surface area contributed by atoms with E-state index < -0.39 is 0 Å². The Bertz CT molecular complexity index is 834. The van der Waals surface area contributed by atoms with Crippen molar-refractivity contribution in [3.05, 3.63) is 34.3 Å². The number of aromatic nitrogens is 1. The molecule has 5 heteroatoms. The first-order valence-electron chi connectivity index (χ1n) is 9.99. The molecule has 0 bridgehead atoms. The van der Waals surface area contributed by atoms with Gasteiger partial charge in [-0.1, -0.05) is 43.6 Å². The zero-order chi connectivity index (χ0) is 21.1. The van der Waals surface area contributed by atoms with Crippen LogP contribution in [0.1, 0.15) is 60.5 Å². The molecule has 1 aromatic heterocycles.